The van der Waals surface area contributed by atoms with Crippen LogP contribution in [-0.4, -0.2) is 23.7 Å². The number of benzene rings is 9. The highest BCUT2D eigenvalue weighted by atomic mass is 15.0. The largest absolute Gasteiger partial charge is 0.309 e. The molecule has 4 heterocycles. The highest BCUT2D eigenvalue weighted by molar-refractivity contribution is 6.14. The van der Waals surface area contributed by atoms with Gasteiger partial charge in [0.2, 0.25) is 0 Å². The lowest BCUT2D eigenvalue weighted by atomic mass is 10.0. The maximum atomic E-state index is 11.1. The summed E-state index contributed by atoms with van der Waals surface area (Å²) in [6.45, 7) is 0. The van der Waals surface area contributed by atoms with Crippen molar-refractivity contribution in [2.75, 3.05) is 0 Å². The van der Waals surface area contributed by atoms with Crippen molar-refractivity contribution in [3.63, 3.8) is 0 Å². The standard InChI is InChI=1S/C61H34N8/c62-35-38-19-24-57-48(29-38)46-15-7-9-17-55(46)67(57)44-22-27-59-50(32-44)51-33-45(68-56-18-10-8-16-47(56)49-30-39(36-63)20-25-58(49)68)23-28-60(51)69(59)54-26-21-42(31-43(54)37-64)53-34-52(40-11-3-1-4-12-40)65-61(66-53)41-13-5-2-6-14-41/h1-34H. The summed E-state index contributed by atoms with van der Waals surface area (Å²) in [5, 5.41) is 36.9. The average Bonchev–Trinajstić information content (AvgIpc) is 4.05. The van der Waals surface area contributed by atoms with Gasteiger partial charge in [0.25, 0.3) is 0 Å². The predicted molar refractivity (Wildman–Crippen MR) is 276 cm³/mol. The van der Waals surface area contributed by atoms with Crippen LogP contribution >= 0.6 is 0 Å². The minimum absolute atomic E-state index is 0.493. The van der Waals surface area contributed by atoms with Gasteiger partial charge in [0.05, 0.1) is 79.0 Å². The highest BCUT2D eigenvalue weighted by Crippen LogP contribution is 2.41. The van der Waals surface area contributed by atoms with E-state index in [1.807, 2.05) is 146 Å². The van der Waals surface area contributed by atoms with Gasteiger partial charge in [-0.05, 0) is 103 Å². The second-order valence-corrected chi connectivity index (χ2v) is 17.2. The molecule has 69 heavy (non-hydrogen) atoms. The van der Waals surface area contributed by atoms with Gasteiger partial charge in [-0.2, -0.15) is 15.8 Å². The molecule has 0 atom stereocenters. The second kappa shape index (κ2) is 15.5. The Kier molecular flexibility index (Phi) is 8.85. The van der Waals surface area contributed by atoms with Gasteiger partial charge in [-0.15, -0.1) is 0 Å². The van der Waals surface area contributed by atoms with E-state index in [-0.39, 0.29) is 0 Å². The third-order valence-electron chi connectivity index (χ3n) is 13.3. The van der Waals surface area contributed by atoms with Crippen molar-refractivity contribution in [2.24, 2.45) is 0 Å². The Bertz CT molecular complexity index is 4150. The number of nitriles is 3. The van der Waals surface area contributed by atoms with E-state index in [0.29, 0.717) is 28.2 Å². The van der Waals surface area contributed by atoms with Crippen LogP contribution in [0.2, 0.25) is 0 Å². The molecule has 8 nitrogen and oxygen atoms in total. The Hall–Kier alpha value is -10.1. The third kappa shape index (κ3) is 6.20. The first kappa shape index (κ1) is 39.3. The molecule has 0 unspecified atom stereocenters. The van der Waals surface area contributed by atoms with Gasteiger partial charge in [-0.25, -0.2) is 9.97 Å². The first-order chi connectivity index (χ1) is 34.1. The van der Waals surface area contributed by atoms with Crippen molar-refractivity contribution in [2.45, 2.75) is 0 Å². The molecular formula is C61H34N8. The Morgan fingerprint density at radius 2 is 0.768 bits per heavy atom. The predicted octanol–water partition coefficient (Wildman–Crippen LogP) is 14.4. The number of fused-ring (bicyclic) bond motifs is 9. The molecule has 13 aromatic rings. The van der Waals surface area contributed by atoms with Gasteiger partial charge in [0.15, 0.2) is 5.82 Å². The summed E-state index contributed by atoms with van der Waals surface area (Å²) in [5.74, 6) is 0.603. The van der Waals surface area contributed by atoms with Crippen LogP contribution < -0.4 is 0 Å². The summed E-state index contributed by atoms with van der Waals surface area (Å²) in [4.78, 5) is 10.1. The fraction of sp³-hybridized carbons (Fsp3) is 0. The van der Waals surface area contributed by atoms with Crippen molar-refractivity contribution in [1.82, 2.24) is 23.7 Å². The monoisotopic (exact) mass is 878 g/mol. The van der Waals surface area contributed by atoms with Crippen molar-refractivity contribution < 1.29 is 0 Å². The molecular weight excluding hydrogens is 845 g/mol. The quantitative estimate of drug-likeness (QED) is 0.165. The molecule has 8 heteroatoms. The maximum absolute atomic E-state index is 11.1. The van der Waals surface area contributed by atoms with Gasteiger partial charge in [0.1, 0.15) is 6.07 Å². The first-order valence-corrected chi connectivity index (χ1v) is 22.6. The summed E-state index contributed by atoms with van der Waals surface area (Å²) < 4.78 is 6.73. The van der Waals surface area contributed by atoms with E-state index in [9.17, 15) is 15.8 Å². The Labute approximate surface area is 395 Å². The van der Waals surface area contributed by atoms with Crippen molar-refractivity contribution in [1.29, 1.82) is 15.8 Å². The van der Waals surface area contributed by atoms with Gasteiger partial charge in [0, 0.05) is 60.4 Å². The summed E-state index contributed by atoms with van der Waals surface area (Å²) in [5.41, 5.74) is 14.5. The first-order valence-electron chi connectivity index (χ1n) is 22.6. The minimum Gasteiger partial charge on any atom is -0.309 e. The molecule has 318 valence electrons. The van der Waals surface area contributed by atoms with Crippen LogP contribution in [0.15, 0.2) is 206 Å². The molecule has 0 N–H and O–H groups in total. The van der Waals surface area contributed by atoms with Gasteiger partial charge in [-0.3, -0.25) is 0 Å². The van der Waals surface area contributed by atoms with E-state index < -0.39 is 0 Å². The number of hydrogen-bond donors (Lipinski definition) is 0. The van der Waals surface area contributed by atoms with Crippen LogP contribution in [0.4, 0.5) is 0 Å². The number of aromatic nitrogens is 5. The van der Waals surface area contributed by atoms with E-state index in [1.165, 1.54) is 0 Å². The van der Waals surface area contributed by atoms with Crippen molar-refractivity contribution in [3.05, 3.63) is 223 Å². The van der Waals surface area contributed by atoms with Crippen LogP contribution in [0, 0.1) is 34.0 Å². The van der Waals surface area contributed by atoms with Gasteiger partial charge in [-0.1, -0.05) is 103 Å². The van der Waals surface area contributed by atoms with E-state index in [4.69, 9.17) is 9.97 Å². The van der Waals surface area contributed by atoms with Crippen LogP contribution in [-0.2, 0) is 0 Å². The number of hydrogen-bond acceptors (Lipinski definition) is 5. The summed E-state index contributed by atoms with van der Waals surface area (Å²) >= 11 is 0. The lowest BCUT2D eigenvalue weighted by Gasteiger charge is -2.14. The maximum Gasteiger partial charge on any atom is 0.160 e. The molecule has 13 rings (SSSR count). The van der Waals surface area contributed by atoms with Gasteiger partial charge < -0.3 is 13.7 Å². The molecule has 0 bridgehead atoms. The highest BCUT2D eigenvalue weighted by Gasteiger charge is 2.21. The molecule has 0 aliphatic carbocycles. The minimum atomic E-state index is 0.493. The van der Waals surface area contributed by atoms with Crippen molar-refractivity contribution in [3.8, 4) is 69.2 Å². The van der Waals surface area contributed by atoms with Crippen LogP contribution in [0.25, 0.3) is 116 Å². The molecule has 0 saturated carbocycles. The topological polar surface area (TPSA) is 112 Å². The zero-order chi connectivity index (χ0) is 46.2. The van der Waals surface area contributed by atoms with E-state index in [2.05, 4.69) is 92.6 Å². The molecule has 0 fully saturated rings. The molecule has 0 radical (unpaired) electrons. The SMILES string of the molecule is N#Cc1ccc2c(c1)c1ccccc1n2-c1ccc2c(c1)c1cc(-n3c4ccccc4c4cc(C#N)ccc43)ccc1n2-c1ccc(-c2cc(-c3ccccc3)nc(-c3ccccc3)n2)cc1C#N. The van der Waals surface area contributed by atoms with Crippen LogP contribution in [0.1, 0.15) is 16.7 Å². The van der Waals surface area contributed by atoms with E-state index in [1.54, 1.807) is 0 Å². The smallest absolute Gasteiger partial charge is 0.160 e. The third-order valence-corrected chi connectivity index (χ3v) is 13.3. The second-order valence-electron chi connectivity index (χ2n) is 17.2. The van der Waals surface area contributed by atoms with E-state index >= 15 is 0 Å². The Morgan fingerprint density at radius 1 is 0.319 bits per heavy atom. The zero-order valence-electron chi connectivity index (χ0n) is 36.7. The average molecular weight is 879 g/mol. The molecule has 0 aliphatic rings. The molecule has 9 aromatic carbocycles. The van der Waals surface area contributed by atoms with Crippen molar-refractivity contribution >= 4 is 65.4 Å². The Balaban J connectivity index is 1.05. The normalized spacial score (nSPS) is 11.4. The zero-order valence-corrected chi connectivity index (χ0v) is 36.7. The van der Waals surface area contributed by atoms with E-state index in [0.717, 1.165) is 105 Å². The van der Waals surface area contributed by atoms with Gasteiger partial charge >= 0.3 is 0 Å². The van der Waals surface area contributed by atoms with Crippen LogP contribution in [0.5, 0.6) is 0 Å². The number of nitrogens with zero attached hydrogens (tertiary/aromatic N) is 8. The lowest BCUT2D eigenvalue weighted by Crippen LogP contribution is -2.00. The summed E-state index contributed by atoms with van der Waals surface area (Å²) in [6.07, 6.45) is 0. The fourth-order valence-corrected chi connectivity index (χ4v) is 10.2. The number of para-hydroxylation sites is 2. The molecule has 0 spiro atoms. The summed E-state index contributed by atoms with van der Waals surface area (Å²) in [6, 6.07) is 76.7. The molecule has 0 saturated heterocycles. The number of rotatable bonds is 6. The summed E-state index contributed by atoms with van der Waals surface area (Å²) in [7, 11) is 0. The molecule has 0 aliphatic heterocycles. The van der Waals surface area contributed by atoms with Crippen LogP contribution in [0.3, 0.4) is 0 Å². The Morgan fingerprint density at radius 3 is 1.30 bits per heavy atom. The molecule has 0 amide bonds. The fourth-order valence-electron chi connectivity index (χ4n) is 10.2. The lowest BCUT2D eigenvalue weighted by molar-refractivity contribution is 1.15. The molecule has 4 aromatic heterocycles.